The van der Waals surface area contributed by atoms with Crippen LogP contribution in [-0.4, -0.2) is 20.2 Å². The molecular weight excluding hydrogens is 362 g/mol. The second-order valence-corrected chi connectivity index (χ2v) is 6.84. The Morgan fingerprint density at radius 1 is 1.00 bits per heavy atom. The molecule has 0 saturated heterocycles. The molecular formula is C23H21N5O. The largest absolute Gasteiger partial charge is 0.268 e. The molecule has 4 aromatic rings. The number of para-hydroxylation sites is 1. The van der Waals surface area contributed by atoms with Crippen LogP contribution in [0.1, 0.15) is 23.7 Å². The Labute approximate surface area is 168 Å². The maximum Gasteiger partial charge on any atom is 0.267 e. The average molecular weight is 383 g/mol. The van der Waals surface area contributed by atoms with Crippen LogP contribution in [0.25, 0.3) is 16.6 Å². The van der Waals surface area contributed by atoms with Crippen molar-refractivity contribution in [3.63, 3.8) is 0 Å². The number of hydrogen-bond acceptors (Lipinski definition) is 5. The van der Waals surface area contributed by atoms with E-state index in [1.54, 1.807) is 16.8 Å². The van der Waals surface area contributed by atoms with Crippen LogP contribution < -0.4 is 11.0 Å². The van der Waals surface area contributed by atoms with Crippen molar-refractivity contribution in [2.45, 2.75) is 20.8 Å². The van der Waals surface area contributed by atoms with Gasteiger partial charge in [-0.2, -0.15) is 5.10 Å². The molecule has 0 radical (unpaired) electrons. The van der Waals surface area contributed by atoms with Crippen LogP contribution in [0.15, 0.2) is 76.8 Å². The first kappa shape index (κ1) is 18.6. The molecule has 0 bridgehead atoms. The molecule has 2 heterocycles. The van der Waals surface area contributed by atoms with Gasteiger partial charge in [-0.1, -0.05) is 30.3 Å². The quantitative estimate of drug-likeness (QED) is 0.423. The first-order valence-corrected chi connectivity index (χ1v) is 9.36. The molecule has 0 aliphatic rings. The molecule has 2 aromatic carbocycles. The predicted octanol–water partition coefficient (Wildman–Crippen LogP) is 4.23. The number of fused-ring (bicyclic) bond motifs is 1. The van der Waals surface area contributed by atoms with Crippen molar-refractivity contribution in [2.75, 3.05) is 5.43 Å². The van der Waals surface area contributed by atoms with E-state index in [1.165, 1.54) is 0 Å². The summed E-state index contributed by atoms with van der Waals surface area (Å²) >= 11 is 0. The summed E-state index contributed by atoms with van der Waals surface area (Å²) in [5, 5.41) is 4.99. The smallest absolute Gasteiger partial charge is 0.267 e. The first-order valence-electron chi connectivity index (χ1n) is 9.36. The topological polar surface area (TPSA) is 72.2 Å². The fraction of sp³-hybridized carbons (Fsp3) is 0.130. The first-order chi connectivity index (χ1) is 14.1. The molecule has 0 atom stereocenters. The van der Waals surface area contributed by atoms with Crippen LogP contribution in [0.3, 0.4) is 0 Å². The number of nitrogens with zero attached hydrogens (tertiary/aromatic N) is 4. The molecule has 0 aliphatic heterocycles. The standard InChI is InChI=1S/C23H21N5O/c1-15-9-8-13-21(16(15)2)28-22(29)18-10-4-5-12-20(18)25-23(28)27-26-17(3)19-11-6-7-14-24-19/h4-14H,1-3H3,(H,25,27)/b26-17-. The summed E-state index contributed by atoms with van der Waals surface area (Å²) in [5.41, 5.74) is 7.80. The van der Waals surface area contributed by atoms with Crippen molar-refractivity contribution in [3.05, 3.63) is 94.0 Å². The van der Waals surface area contributed by atoms with Crippen LogP contribution in [0.5, 0.6) is 0 Å². The summed E-state index contributed by atoms with van der Waals surface area (Å²) in [6.07, 6.45) is 1.72. The Hall–Kier alpha value is -3.80. The van der Waals surface area contributed by atoms with Crippen molar-refractivity contribution in [2.24, 2.45) is 5.10 Å². The summed E-state index contributed by atoms with van der Waals surface area (Å²) in [6, 6.07) is 18.8. The molecule has 0 aliphatic carbocycles. The fourth-order valence-corrected chi connectivity index (χ4v) is 3.18. The number of aromatic nitrogens is 3. The minimum Gasteiger partial charge on any atom is -0.268 e. The van der Waals surface area contributed by atoms with Crippen LogP contribution in [0.4, 0.5) is 5.95 Å². The monoisotopic (exact) mass is 383 g/mol. The second-order valence-electron chi connectivity index (χ2n) is 6.84. The van der Waals surface area contributed by atoms with E-state index in [1.807, 2.05) is 75.4 Å². The van der Waals surface area contributed by atoms with Gasteiger partial charge in [-0.25, -0.2) is 15.0 Å². The number of nitrogens with one attached hydrogen (secondary N) is 1. The average Bonchev–Trinajstić information content (AvgIpc) is 2.75. The Morgan fingerprint density at radius 2 is 1.79 bits per heavy atom. The van der Waals surface area contributed by atoms with E-state index < -0.39 is 0 Å². The highest BCUT2D eigenvalue weighted by molar-refractivity contribution is 5.97. The van der Waals surface area contributed by atoms with Crippen LogP contribution in [0, 0.1) is 13.8 Å². The van der Waals surface area contributed by atoms with Crippen LogP contribution >= 0.6 is 0 Å². The molecule has 0 amide bonds. The summed E-state index contributed by atoms with van der Waals surface area (Å²) in [6.45, 7) is 5.88. The number of hydrogen-bond donors (Lipinski definition) is 1. The fourth-order valence-electron chi connectivity index (χ4n) is 3.18. The van der Waals surface area contributed by atoms with Gasteiger partial charge in [-0.05, 0) is 62.2 Å². The van der Waals surface area contributed by atoms with Gasteiger partial charge in [-0.3, -0.25) is 9.78 Å². The molecule has 0 fully saturated rings. The van der Waals surface area contributed by atoms with Gasteiger partial charge in [0, 0.05) is 6.20 Å². The molecule has 144 valence electrons. The van der Waals surface area contributed by atoms with Crippen LogP contribution in [0.2, 0.25) is 0 Å². The highest BCUT2D eigenvalue weighted by Gasteiger charge is 2.15. The maximum absolute atomic E-state index is 13.4. The SMILES string of the molecule is C/C(=N/Nc1nc2ccccc2c(=O)n1-c1cccc(C)c1C)c1ccccn1. The number of rotatable bonds is 4. The third-order valence-corrected chi connectivity index (χ3v) is 4.95. The zero-order chi connectivity index (χ0) is 20.4. The molecule has 0 unspecified atom stereocenters. The molecule has 4 rings (SSSR count). The lowest BCUT2D eigenvalue weighted by Gasteiger charge is -2.16. The molecule has 6 heteroatoms. The molecule has 0 spiro atoms. The van der Waals surface area contributed by atoms with E-state index in [-0.39, 0.29) is 5.56 Å². The van der Waals surface area contributed by atoms with Crippen molar-refractivity contribution in [1.82, 2.24) is 14.5 Å². The van der Waals surface area contributed by atoms with E-state index in [0.717, 1.165) is 22.5 Å². The summed E-state index contributed by atoms with van der Waals surface area (Å²) in [5.74, 6) is 0.359. The van der Waals surface area contributed by atoms with Crippen molar-refractivity contribution in [3.8, 4) is 5.69 Å². The normalized spacial score (nSPS) is 11.6. The van der Waals surface area contributed by atoms with Gasteiger partial charge in [0.15, 0.2) is 0 Å². The van der Waals surface area contributed by atoms with Crippen LogP contribution in [-0.2, 0) is 0 Å². The van der Waals surface area contributed by atoms with E-state index >= 15 is 0 Å². The van der Waals surface area contributed by atoms with Gasteiger partial charge in [0.1, 0.15) is 0 Å². The zero-order valence-corrected chi connectivity index (χ0v) is 16.5. The number of pyridine rings is 1. The van der Waals surface area contributed by atoms with Gasteiger partial charge >= 0.3 is 0 Å². The Morgan fingerprint density at radius 3 is 2.59 bits per heavy atom. The minimum atomic E-state index is -0.141. The highest BCUT2D eigenvalue weighted by Crippen LogP contribution is 2.21. The number of anilines is 1. The zero-order valence-electron chi connectivity index (χ0n) is 16.5. The molecule has 1 N–H and O–H groups in total. The van der Waals surface area contributed by atoms with Crippen molar-refractivity contribution >= 4 is 22.6 Å². The lowest BCUT2D eigenvalue weighted by molar-refractivity contribution is 0.943. The van der Waals surface area contributed by atoms with Crippen molar-refractivity contribution in [1.29, 1.82) is 0 Å². The maximum atomic E-state index is 13.4. The lowest BCUT2D eigenvalue weighted by Crippen LogP contribution is -2.24. The predicted molar refractivity (Wildman–Crippen MR) is 117 cm³/mol. The second kappa shape index (κ2) is 7.67. The number of benzene rings is 2. The Balaban J connectivity index is 1.91. The van der Waals surface area contributed by atoms with E-state index in [9.17, 15) is 4.79 Å². The van der Waals surface area contributed by atoms with Gasteiger partial charge in [-0.15, -0.1) is 0 Å². The third-order valence-electron chi connectivity index (χ3n) is 4.95. The van der Waals surface area contributed by atoms with Gasteiger partial charge in [0.25, 0.3) is 5.56 Å². The molecule has 2 aromatic heterocycles. The van der Waals surface area contributed by atoms with Gasteiger partial charge in [0.2, 0.25) is 5.95 Å². The lowest BCUT2D eigenvalue weighted by atomic mass is 10.1. The summed E-state index contributed by atoms with van der Waals surface area (Å²) in [7, 11) is 0. The summed E-state index contributed by atoms with van der Waals surface area (Å²) in [4.78, 5) is 22.3. The molecule has 0 saturated carbocycles. The Bertz CT molecular complexity index is 1280. The van der Waals surface area contributed by atoms with Gasteiger partial charge in [0.05, 0.1) is 28.0 Å². The molecule has 29 heavy (non-hydrogen) atoms. The minimum absolute atomic E-state index is 0.141. The highest BCUT2D eigenvalue weighted by atomic mass is 16.1. The van der Waals surface area contributed by atoms with Crippen molar-refractivity contribution < 1.29 is 0 Å². The van der Waals surface area contributed by atoms with E-state index in [0.29, 0.717) is 22.6 Å². The summed E-state index contributed by atoms with van der Waals surface area (Å²) < 4.78 is 1.58. The van der Waals surface area contributed by atoms with E-state index in [4.69, 9.17) is 0 Å². The number of aryl methyl sites for hydroxylation is 1. The van der Waals surface area contributed by atoms with E-state index in [2.05, 4.69) is 20.5 Å². The Kier molecular flexibility index (Phi) is 4.91. The van der Waals surface area contributed by atoms with Gasteiger partial charge < -0.3 is 0 Å². The molecule has 6 nitrogen and oxygen atoms in total. The third kappa shape index (κ3) is 3.52. The number of hydrazone groups is 1.